The second-order valence-corrected chi connectivity index (χ2v) is 7.20. The van der Waals surface area contributed by atoms with Crippen LogP contribution >= 0.6 is 11.3 Å². The maximum Gasteiger partial charge on any atom is 0.405 e. The molecule has 144 valence electrons. The standard InChI is InChI=1S/C15H19F3N4O3S/c1-8-2-3-10-9(4-8)5-11(26-10)13(24)21-22-14(25)19-6-12(23)20-7-15(16,17)18/h5,8H,2-4,6-7H2,1H3,(H,20,23)(H,21,24)(H2,19,22,25). The number of rotatable bonds is 4. The normalized spacial score (nSPS) is 16.4. The molecule has 7 nitrogen and oxygen atoms in total. The second kappa shape index (κ2) is 8.39. The van der Waals surface area contributed by atoms with E-state index in [1.165, 1.54) is 16.2 Å². The third-order valence-electron chi connectivity index (χ3n) is 3.74. The number of halogens is 3. The van der Waals surface area contributed by atoms with Gasteiger partial charge in [-0.1, -0.05) is 6.92 Å². The first-order chi connectivity index (χ1) is 12.1. The van der Waals surface area contributed by atoms with Crippen LogP contribution in [0.2, 0.25) is 0 Å². The summed E-state index contributed by atoms with van der Waals surface area (Å²) >= 11 is 1.37. The number of carbonyl (C=O) groups excluding carboxylic acids is 3. The molecular weight excluding hydrogens is 373 g/mol. The number of alkyl halides is 3. The van der Waals surface area contributed by atoms with Crippen molar-refractivity contribution in [2.45, 2.75) is 32.4 Å². The molecule has 2 rings (SSSR count). The largest absolute Gasteiger partial charge is 0.405 e. The van der Waals surface area contributed by atoms with Crippen LogP contribution < -0.4 is 21.5 Å². The first kappa shape index (κ1) is 20.0. The molecule has 0 spiro atoms. The second-order valence-electron chi connectivity index (χ2n) is 6.06. The number of urea groups is 1. The summed E-state index contributed by atoms with van der Waals surface area (Å²) in [6, 6.07) is 0.894. The van der Waals surface area contributed by atoms with Gasteiger partial charge < -0.3 is 10.6 Å². The van der Waals surface area contributed by atoms with Crippen LogP contribution in [0.4, 0.5) is 18.0 Å². The lowest BCUT2D eigenvalue weighted by molar-refractivity contribution is -0.137. The van der Waals surface area contributed by atoms with Crippen LogP contribution in [-0.2, 0) is 17.6 Å². The summed E-state index contributed by atoms with van der Waals surface area (Å²) in [5.74, 6) is -0.919. The number of hydrazine groups is 1. The molecule has 1 aliphatic carbocycles. The third-order valence-corrected chi connectivity index (χ3v) is 4.97. The van der Waals surface area contributed by atoms with E-state index >= 15 is 0 Å². The molecule has 1 aromatic rings. The van der Waals surface area contributed by atoms with Gasteiger partial charge in [0.1, 0.15) is 6.54 Å². The topological polar surface area (TPSA) is 99.3 Å². The molecule has 1 atom stereocenters. The van der Waals surface area contributed by atoms with Crippen LogP contribution in [0.15, 0.2) is 6.07 Å². The summed E-state index contributed by atoms with van der Waals surface area (Å²) in [5, 5.41) is 3.65. The van der Waals surface area contributed by atoms with Crippen molar-refractivity contribution in [3.8, 4) is 0 Å². The Morgan fingerprint density at radius 3 is 2.65 bits per heavy atom. The minimum Gasteiger partial charge on any atom is -0.345 e. The predicted molar refractivity (Wildman–Crippen MR) is 88.6 cm³/mol. The number of thiophene rings is 1. The maximum absolute atomic E-state index is 12.1. The van der Waals surface area contributed by atoms with Crippen LogP contribution in [0.1, 0.15) is 33.5 Å². The molecule has 4 amide bonds. The van der Waals surface area contributed by atoms with E-state index in [4.69, 9.17) is 0 Å². The van der Waals surface area contributed by atoms with Crippen molar-refractivity contribution in [2.24, 2.45) is 5.92 Å². The zero-order valence-corrected chi connectivity index (χ0v) is 14.8. The summed E-state index contributed by atoms with van der Waals surface area (Å²) in [6.45, 7) is 0.0214. The van der Waals surface area contributed by atoms with E-state index in [0.29, 0.717) is 10.8 Å². The summed E-state index contributed by atoms with van der Waals surface area (Å²) in [5.41, 5.74) is 5.39. The van der Waals surface area contributed by atoms with Crippen molar-refractivity contribution in [2.75, 3.05) is 13.1 Å². The Balaban J connectivity index is 1.72. The average molecular weight is 392 g/mol. The van der Waals surface area contributed by atoms with Crippen molar-refractivity contribution in [3.05, 3.63) is 21.4 Å². The molecule has 1 heterocycles. The quantitative estimate of drug-likeness (QED) is 0.585. The Bertz CT molecular complexity index is 690. The summed E-state index contributed by atoms with van der Waals surface area (Å²) < 4.78 is 35.8. The van der Waals surface area contributed by atoms with Gasteiger partial charge in [-0.15, -0.1) is 11.3 Å². The molecule has 0 aromatic carbocycles. The first-order valence-corrected chi connectivity index (χ1v) is 8.75. The number of amides is 4. The molecule has 4 N–H and O–H groups in total. The first-order valence-electron chi connectivity index (χ1n) is 7.93. The van der Waals surface area contributed by atoms with E-state index < -0.39 is 37.1 Å². The Labute approximate surface area is 151 Å². The van der Waals surface area contributed by atoms with Gasteiger partial charge >= 0.3 is 12.2 Å². The van der Waals surface area contributed by atoms with E-state index in [2.05, 4.69) is 17.8 Å². The summed E-state index contributed by atoms with van der Waals surface area (Å²) in [7, 11) is 0. The van der Waals surface area contributed by atoms with Gasteiger partial charge in [-0.25, -0.2) is 10.2 Å². The van der Waals surface area contributed by atoms with Gasteiger partial charge in [-0.2, -0.15) is 13.2 Å². The number of fused-ring (bicyclic) bond motifs is 1. The smallest absolute Gasteiger partial charge is 0.345 e. The highest BCUT2D eigenvalue weighted by Gasteiger charge is 2.27. The summed E-state index contributed by atoms with van der Waals surface area (Å²) in [6.07, 6.45) is -1.61. The number of hydrogen-bond acceptors (Lipinski definition) is 4. The molecule has 0 bridgehead atoms. The Kier molecular flexibility index (Phi) is 6.46. The molecule has 1 aliphatic rings. The highest BCUT2D eigenvalue weighted by molar-refractivity contribution is 7.14. The minimum atomic E-state index is -4.52. The molecule has 0 radical (unpaired) electrons. The fourth-order valence-corrected chi connectivity index (χ4v) is 3.56. The third kappa shape index (κ3) is 6.21. The van der Waals surface area contributed by atoms with E-state index in [1.807, 2.05) is 5.32 Å². The number of aryl methyl sites for hydroxylation is 1. The van der Waals surface area contributed by atoms with Gasteiger partial charge in [0.25, 0.3) is 5.91 Å². The monoisotopic (exact) mass is 392 g/mol. The fraction of sp³-hybridized carbons (Fsp3) is 0.533. The lowest BCUT2D eigenvalue weighted by atomic mass is 9.90. The van der Waals surface area contributed by atoms with Crippen molar-refractivity contribution in [1.82, 2.24) is 21.5 Å². The van der Waals surface area contributed by atoms with Crippen molar-refractivity contribution in [3.63, 3.8) is 0 Å². The van der Waals surface area contributed by atoms with Gasteiger partial charge in [0, 0.05) is 4.88 Å². The lowest BCUT2D eigenvalue weighted by Gasteiger charge is -2.16. The lowest BCUT2D eigenvalue weighted by Crippen LogP contribution is -2.49. The number of nitrogens with one attached hydrogen (secondary N) is 4. The van der Waals surface area contributed by atoms with Crippen molar-refractivity contribution < 1.29 is 27.6 Å². The Morgan fingerprint density at radius 1 is 1.23 bits per heavy atom. The molecule has 0 aliphatic heterocycles. The highest BCUT2D eigenvalue weighted by atomic mass is 32.1. The number of carbonyl (C=O) groups is 3. The van der Waals surface area contributed by atoms with Gasteiger partial charge in [-0.3, -0.25) is 15.0 Å². The maximum atomic E-state index is 12.1. The van der Waals surface area contributed by atoms with Gasteiger partial charge in [0.15, 0.2) is 0 Å². The average Bonchev–Trinajstić information content (AvgIpc) is 2.98. The SMILES string of the molecule is CC1CCc2sc(C(=O)NNC(=O)NCC(=O)NCC(F)(F)F)cc2C1. The molecule has 11 heteroatoms. The fourth-order valence-electron chi connectivity index (χ4n) is 2.46. The van der Waals surface area contributed by atoms with Crippen molar-refractivity contribution in [1.29, 1.82) is 0 Å². The predicted octanol–water partition coefficient (Wildman–Crippen LogP) is 1.50. The van der Waals surface area contributed by atoms with Crippen LogP contribution in [0.25, 0.3) is 0 Å². The molecule has 0 fully saturated rings. The molecule has 0 saturated heterocycles. The highest BCUT2D eigenvalue weighted by Crippen LogP contribution is 2.32. The Hall–Kier alpha value is -2.30. The van der Waals surface area contributed by atoms with Gasteiger partial charge in [0.05, 0.1) is 11.4 Å². The van der Waals surface area contributed by atoms with Crippen LogP contribution in [-0.4, -0.2) is 37.1 Å². The molecule has 1 aromatic heterocycles. The van der Waals surface area contributed by atoms with Gasteiger partial charge in [0.2, 0.25) is 5.91 Å². The van der Waals surface area contributed by atoms with Gasteiger partial charge in [-0.05, 0) is 36.8 Å². The molecule has 0 saturated carbocycles. The molecule has 1 unspecified atom stereocenters. The van der Waals surface area contributed by atoms with E-state index in [9.17, 15) is 27.6 Å². The summed E-state index contributed by atoms with van der Waals surface area (Å²) in [4.78, 5) is 36.3. The zero-order valence-electron chi connectivity index (χ0n) is 14.0. The number of hydrogen-bond donors (Lipinski definition) is 4. The van der Waals surface area contributed by atoms with E-state index in [1.54, 1.807) is 11.4 Å². The van der Waals surface area contributed by atoms with E-state index in [0.717, 1.165) is 24.8 Å². The van der Waals surface area contributed by atoms with Crippen LogP contribution in [0.3, 0.4) is 0 Å². The Morgan fingerprint density at radius 2 is 1.96 bits per heavy atom. The molecule has 26 heavy (non-hydrogen) atoms. The molecular formula is C15H19F3N4O3S. The minimum absolute atomic E-state index is 0.465. The zero-order chi connectivity index (χ0) is 19.3. The van der Waals surface area contributed by atoms with E-state index in [-0.39, 0.29) is 0 Å². The van der Waals surface area contributed by atoms with Crippen LogP contribution in [0, 0.1) is 5.92 Å². The van der Waals surface area contributed by atoms with Crippen LogP contribution in [0.5, 0.6) is 0 Å². The van der Waals surface area contributed by atoms with Crippen molar-refractivity contribution >= 4 is 29.2 Å².